The van der Waals surface area contributed by atoms with E-state index in [1.54, 1.807) is 5.38 Å². The zero-order chi connectivity index (χ0) is 10.1. The lowest BCUT2D eigenvalue weighted by Gasteiger charge is -1.94. The van der Waals surface area contributed by atoms with Gasteiger partial charge in [-0.3, -0.25) is 0 Å². The van der Waals surface area contributed by atoms with E-state index in [4.69, 9.17) is 5.11 Å². The zero-order valence-corrected chi connectivity index (χ0v) is 10.1. The Morgan fingerprint density at radius 1 is 1.36 bits per heavy atom. The lowest BCUT2D eigenvalue weighted by atomic mass is 10.2. The van der Waals surface area contributed by atoms with Crippen molar-refractivity contribution >= 4 is 44.6 Å². The van der Waals surface area contributed by atoms with Crippen LogP contribution in [0.25, 0.3) is 10.4 Å². The molecule has 2 aromatic rings. The van der Waals surface area contributed by atoms with Crippen molar-refractivity contribution in [2.75, 3.05) is 0 Å². The molecule has 0 radical (unpaired) electrons. The second-order valence-corrected chi connectivity index (χ2v) is 5.95. The van der Waals surface area contributed by atoms with E-state index >= 15 is 0 Å². The van der Waals surface area contributed by atoms with Gasteiger partial charge in [0, 0.05) is 10.4 Å². The Morgan fingerprint density at radius 2 is 2.14 bits per heavy atom. The molecule has 72 valence electrons. The number of carboxylic acid groups (broad SMARTS) is 1. The maximum absolute atomic E-state index is 10.9. The number of hydrogen-bond donors (Lipinski definition) is 1. The first kappa shape index (κ1) is 9.89. The van der Waals surface area contributed by atoms with Crippen LogP contribution in [0.4, 0.5) is 0 Å². The number of hydrogen-bond acceptors (Lipinski definition) is 3. The van der Waals surface area contributed by atoms with Crippen molar-refractivity contribution in [3.63, 3.8) is 0 Å². The van der Waals surface area contributed by atoms with Gasteiger partial charge in [-0.05, 0) is 39.5 Å². The maximum Gasteiger partial charge on any atom is 0.346 e. The first-order valence-electron chi connectivity index (χ1n) is 3.75. The molecule has 0 unspecified atom stereocenters. The summed E-state index contributed by atoms with van der Waals surface area (Å²) in [5.74, 6) is -0.862. The number of halogens is 1. The molecule has 0 aliphatic heterocycles. The molecule has 0 aliphatic carbocycles. The van der Waals surface area contributed by atoms with Crippen LogP contribution in [0.3, 0.4) is 0 Å². The standard InChI is InChI=1S/C9H5BrO2S2/c10-7-2-1-6(14-7)5-3-4-13-8(5)9(11)12/h1-4H,(H,11,12). The molecule has 0 saturated carbocycles. The van der Waals surface area contributed by atoms with E-state index in [2.05, 4.69) is 15.9 Å². The second kappa shape index (κ2) is 3.84. The van der Waals surface area contributed by atoms with Gasteiger partial charge in [0.05, 0.1) is 3.79 Å². The number of carbonyl (C=O) groups is 1. The van der Waals surface area contributed by atoms with Crippen LogP contribution in [-0.2, 0) is 0 Å². The molecule has 0 spiro atoms. The summed E-state index contributed by atoms with van der Waals surface area (Å²) >= 11 is 6.14. The highest BCUT2D eigenvalue weighted by Gasteiger charge is 2.14. The summed E-state index contributed by atoms with van der Waals surface area (Å²) in [5.41, 5.74) is 0.804. The SMILES string of the molecule is O=C(O)c1sccc1-c1ccc(Br)s1. The van der Waals surface area contributed by atoms with Gasteiger partial charge in [-0.25, -0.2) is 4.79 Å². The van der Waals surface area contributed by atoms with Crippen molar-refractivity contribution in [2.24, 2.45) is 0 Å². The molecule has 0 fully saturated rings. The van der Waals surface area contributed by atoms with Gasteiger partial charge < -0.3 is 5.11 Å². The molecule has 0 aliphatic rings. The van der Waals surface area contributed by atoms with Crippen LogP contribution < -0.4 is 0 Å². The summed E-state index contributed by atoms with van der Waals surface area (Å²) in [6, 6.07) is 5.68. The molecular weight excluding hydrogens is 284 g/mol. The van der Waals surface area contributed by atoms with Crippen LogP contribution in [0, 0.1) is 0 Å². The Morgan fingerprint density at radius 3 is 2.71 bits per heavy atom. The van der Waals surface area contributed by atoms with Gasteiger partial charge in [0.1, 0.15) is 4.88 Å². The molecule has 2 nitrogen and oxygen atoms in total. The largest absolute Gasteiger partial charge is 0.477 e. The Labute approximate surface area is 97.0 Å². The number of carboxylic acids is 1. The monoisotopic (exact) mass is 288 g/mol. The number of rotatable bonds is 2. The number of thiophene rings is 2. The van der Waals surface area contributed by atoms with E-state index < -0.39 is 5.97 Å². The summed E-state index contributed by atoms with van der Waals surface area (Å²) in [5, 5.41) is 10.7. The fraction of sp³-hybridized carbons (Fsp3) is 0. The Kier molecular flexibility index (Phi) is 2.71. The van der Waals surface area contributed by atoms with Crippen molar-refractivity contribution in [1.29, 1.82) is 0 Å². The van der Waals surface area contributed by atoms with Crippen LogP contribution in [0.5, 0.6) is 0 Å². The van der Waals surface area contributed by atoms with Crippen LogP contribution in [-0.4, -0.2) is 11.1 Å². The molecule has 0 amide bonds. The molecular formula is C9H5BrO2S2. The van der Waals surface area contributed by atoms with Gasteiger partial charge in [0.15, 0.2) is 0 Å². The normalized spacial score (nSPS) is 10.4. The topological polar surface area (TPSA) is 37.3 Å². The van der Waals surface area contributed by atoms with E-state index in [1.807, 2.05) is 18.2 Å². The highest BCUT2D eigenvalue weighted by molar-refractivity contribution is 9.11. The van der Waals surface area contributed by atoms with Crippen molar-refractivity contribution in [2.45, 2.75) is 0 Å². The van der Waals surface area contributed by atoms with Crippen LogP contribution in [0.2, 0.25) is 0 Å². The summed E-state index contributed by atoms with van der Waals surface area (Å²) in [6.07, 6.45) is 0. The maximum atomic E-state index is 10.9. The van der Waals surface area contributed by atoms with Crippen molar-refractivity contribution < 1.29 is 9.90 Å². The molecule has 2 aromatic heterocycles. The lowest BCUT2D eigenvalue weighted by molar-refractivity contribution is 0.0703. The molecule has 0 aromatic carbocycles. The highest BCUT2D eigenvalue weighted by atomic mass is 79.9. The van der Waals surface area contributed by atoms with E-state index in [1.165, 1.54) is 22.7 Å². The van der Waals surface area contributed by atoms with Gasteiger partial charge in [0.25, 0.3) is 0 Å². The third-order valence-corrected chi connectivity index (χ3v) is 4.26. The summed E-state index contributed by atoms with van der Waals surface area (Å²) < 4.78 is 1.01. The van der Waals surface area contributed by atoms with Crippen LogP contribution in [0.15, 0.2) is 27.4 Å². The van der Waals surface area contributed by atoms with Crippen molar-refractivity contribution in [3.05, 3.63) is 32.2 Å². The van der Waals surface area contributed by atoms with E-state index in [9.17, 15) is 4.79 Å². The van der Waals surface area contributed by atoms with Crippen LogP contribution in [0.1, 0.15) is 9.67 Å². The highest BCUT2D eigenvalue weighted by Crippen LogP contribution is 2.35. The minimum atomic E-state index is -0.862. The van der Waals surface area contributed by atoms with Gasteiger partial charge in [-0.2, -0.15) is 0 Å². The summed E-state index contributed by atoms with van der Waals surface area (Å²) in [4.78, 5) is 12.3. The van der Waals surface area contributed by atoms with Gasteiger partial charge >= 0.3 is 5.97 Å². The molecule has 0 bridgehead atoms. The summed E-state index contributed by atoms with van der Waals surface area (Å²) in [7, 11) is 0. The van der Waals surface area contributed by atoms with E-state index in [0.29, 0.717) is 4.88 Å². The minimum absolute atomic E-state index is 0.402. The predicted octanol–water partition coefficient (Wildman–Crippen LogP) is 3.94. The third kappa shape index (κ3) is 1.75. The number of aromatic carboxylic acids is 1. The second-order valence-electron chi connectivity index (χ2n) is 2.57. The third-order valence-electron chi connectivity index (χ3n) is 1.70. The summed E-state index contributed by atoms with van der Waals surface area (Å²) in [6.45, 7) is 0. The molecule has 0 atom stereocenters. The van der Waals surface area contributed by atoms with Crippen molar-refractivity contribution in [1.82, 2.24) is 0 Å². The average molecular weight is 289 g/mol. The molecule has 5 heteroatoms. The quantitative estimate of drug-likeness (QED) is 0.909. The van der Waals surface area contributed by atoms with E-state index in [-0.39, 0.29) is 0 Å². The van der Waals surface area contributed by atoms with Gasteiger partial charge in [-0.1, -0.05) is 0 Å². The Bertz CT molecular complexity index is 473. The van der Waals surface area contributed by atoms with E-state index in [0.717, 1.165) is 14.2 Å². The fourth-order valence-corrected chi connectivity index (χ4v) is 3.36. The Balaban J connectivity index is 2.51. The van der Waals surface area contributed by atoms with Crippen LogP contribution >= 0.6 is 38.6 Å². The van der Waals surface area contributed by atoms with Crippen molar-refractivity contribution in [3.8, 4) is 10.4 Å². The smallest absolute Gasteiger partial charge is 0.346 e. The Hall–Kier alpha value is -0.650. The fourth-order valence-electron chi connectivity index (χ4n) is 1.13. The molecule has 0 saturated heterocycles. The first-order chi connectivity index (χ1) is 6.68. The van der Waals surface area contributed by atoms with Gasteiger partial charge in [-0.15, -0.1) is 22.7 Å². The predicted molar refractivity (Wildman–Crippen MR) is 62.3 cm³/mol. The average Bonchev–Trinajstić information content (AvgIpc) is 2.70. The molecule has 2 heterocycles. The minimum Gasteiger partial charge on any atom is -0.477 e. The zero-order valence-electron chi connectivity index (χ0n) is 6.86. The van der Waals surface area contributed by atoms with Gasteiger partial charge in [0.2, 0.25) is 0 Å². The lowest BCUT2D eigenvalue weighted by Crippen LogP contribution is -1.93. The molecule has 14 heavy (non-hydrogen) atoms. The first-order valence-corrected chi connectivity index (χ1v) is 6.24. The molecule has 2 rings (SSSR count). The molecule has 1 N–H and O–H groups in total.